The maximum atomic E-state index is 12.2. The number of nitrogens with zero attached hydrogens (tertiary/aromatic N) is 2. The van der Waals surface area contributed by atoms with Crippen LogP contribution >= 0.6 is 0 Å². The lowest BCUT2D eigenvalue weighted by Gasteiger charge is -2.26. The number of carbonyl (C=O) groups is 2. The molecule has 3 rings (SSSR count). The van der Waals surface area contributed by atoms with Gasteiger partial charge in [-0.15, -0.1) is 0 Å². The first-order valence-corrected chi connectivity index (χ1v) is 8.78. The number of nitrogens with one attached hydrogen (secondary N) is 1. The molecule has 1 aromatic heterocycles. The molecule has 0 bridgehead atoms. The van der Waals surface area contributed by atoms with Gasteiger partial charge in [-0.2, -0.15) is 0 Å². The maximum Gasteiger partial charge on any atom is 0.336 e. The van der Waals surface area contributed by atoms with Crippen LogP contribution in [0.4, 0.5) is 5.69 Å². The van der Waals surface area contributed by atoms with E-state index in [0.29, 0.717) is 23.0 Å². The summed E-state index contributed by atoms with van der Waals surface area (Å²) in [7, 11) is 0. The molecule has 1 amide bonds. The number of hydrogen-bond acceptors (Lipinski definition) is 4. The van der Waals surface area contributed by atoms with E-state index >= 15 is 0 Å². The van der Waals surface area contributed by atoms with Crippen molar-refractivity contribution in [2.45, 2.75) is 32.1 Å². The summed E-state index contributed by atoms with van der Waals surface area (Å²) in [5.41, 5.74) is 1.25. The standard InChI is InChI=1S/C19H23N3O3/c23-17(8-5-13-22-11-2-1-3-12-22)21-16-7-4-6-14-15(19(24)25)9-10-20-18(14)16/h4,6-7,9-10H,1-3,5,8,11-13H2,(H,21,23)(H,24,25). The van der Waals surface area contributed by atoms with E-state index in [4.69, 9.17) is 0 Å². The number of aromatic carboxylic acids is 1. The third-order valence-electron chi connectivity index (χ3n) is 4.60. The predicted molar refractivity (Wildman–Crippen MR) is 96.9 cm³/mol. The number of aromatic nitrogens is 1. The lowest BCUT2D eigenvalue weighted by molar-refractivity contribution is -0.116. The zero-order chi connectivity index (χ0) is 17.6. The Morgan fingerprint density at radius 3 is 2.72 bits per heavy atom. The third kappa shape index (κ3) is 4.33. The molecule has 1 saturated heterocycles. The Bertz CT molecular complexity index is 770. The fraction of sp³-hybridized carbons (Fsp3) is 0.421. The molecule has 1 aliphatic heterocycles. The number of piperidine rings is 1. The van der Waals surface area contributed by atoms with E-state index in [1.807, 2.05) is 0 Å². The molecular formula is C19H23N3O3. The molecule has 2 heterocycles. The summed E-state index contributed by atoms with van der Waals surface area (Å²) in [6.45, 7) is 3.21. The van der Waals surface area contributed by atoms with Crippen molar-refractivity contribution in [2.75, 3.05) is 25.0 Å². The molecule has 0 atom stereocenters. The quantitative estimate of drug-likeness (QED) is 0.843. The normalized spacial score (nSPS) is 15.2. The number of carboxylic acid groups (broad SMARTS) is 1. The second-order valence-electron chi connectivity index (χ2n) is 6.42. The molecule has 1 aromatic carbocycles. The molecule has 132 valence electrons. The maximum absolute atomic E-state index is 12.2. The number of amides is 1. The van der Waals surface area contributed by atoms with Gasteiger partial charge in [-0.05, 0) is 51.0 Å². The average Bonchev–Trinajstić information content (AvgIpc) is 2.62. The van der Waals surface area contributed by atoms with Crippen molar-refractivity contribution in [1.29, 1.82) is 0 Å². The van der Waals surface area contributed by atoms with Crippen molar-refractivity contribution in [1.82, 2.24) is 9.88 Å². The molecule has 2 N–H and O–H groups in total. The molecule has 0 spiro atoms. The third-order valence-corrected chi connectivity index (χ3v) is 4.60. The van der Waals surface area contributed by atoms with E-state index in [9.17, 15) is 14.7 Å². The van der Waals surface area contributed by atoms with Crippen LogP contribution in [0, 0.1) is 0 Å². The summed E-state index contributed by atoms with van der Waals surface area (Å²) in [5.74, 6) is -1.07. The smallest absolute Gasteiger partial charge is 0.336 e. The molecule has 1 aliphatic rings. The number of carboxylic acids is 1. The number of carbonyl (C=O) groups excluding carboxylic acids is 1. The minimum Gasteiger partial charge on any atom is -0.478 e. The number of likely N-dealkylation sites (tertiary alicyclic amines) is 1. The van der Waals surface area contributed by atoms with E-state index in [1.54, 1.807) is 18.2 Å². The monoisotopic (exact) mass is 341 g/mol. The second kappa shape index (κ2) is 8.07. The number of benzene rings is 1. The lowest BCUT2D eigenvalue weighted by atomic mass is 10.1. The number of hydrogen-bond donors (Lipinski definition) is 2. The molecule has 0 saturated carbocycles. The summed E-state index contributed by atoms with van der Waals surface area (Å²) in [5, 5.41) is 12.7. The minimum atomic E-state index is -1.00. The van der Waals surface area contributed by atoms with Gasteiger partial charge in [0.2, 0.25) is 5.91 Å². The molecule has 0 radical (unpaired) electrons. The van der Waals surface area contributed by atoms with Crippen molar-refractivity contribution in [2.24, 2.45) is 0 Å². The molecule has 1 fully saturated rings. The summed E-state index contributed by atoms with van der Waals surface area (Å²) >= 11 is 0. The average molecular weight is 341 g/mol. The van der Waals surface area contributed by atoms with Crippen molar-refractivity contribution in [3.8, 4) is 0 Å². The Morgan fingerprint density at radius 1 is 1.16 bits per heavy atom. The molecule has 6 heteroatoms. The Labute approximate surface area is 146 Å². The van der Waals surface area contributed by atoms with Gasteiger partial charge in [-0.25, -0.2) is 4.79 Å². The van der Waals surface area contributed by atoms with Gasteiger partial charge in [-0.3, -0.25) is 9.78 Å². The fourth-order valence-electron chi connectivity index (χ4n) is 3.32. The number of pyridine rings is 1. The van der Waals surface area contributed by atoms with Gasteiger partial charge in [-0.1, -0.05) is 18.6 Å². The van der Waals surface area contributed by atoms with Gasteiger partial charge in [0.25, 0.3) is 0 Å². The first-order chi connectivity index (χ1) is 12.1. The van der Waals surface area contributed by atoms with Crippen LogP contribution in [0.25, 0.3) is 10.9 Å². The Morgan fingerprint density at radius 2 is 1.96 bits per heavy atom. The van der Waals surface area contributed by atoms with Crippen LogP contribution in [-0.2, 0) is 4.79 Å². The van der Waals surface area contributed by atoms with E-state index in [2.05, 4.69) is 15.2 Å². The van der Waals surface area contributed by atoms with E-state index in [-0.39, 0.29) is 11.5 Å². The molecular weight excluding hydrogens is 318 g/mol. The lowest BCUT2D eigenvalue weighted by Crippen LogP contribution is -2.31. The largest absolute Gasteiger partial charge is 0.478 e. The number of fused-ring (bicyclic) bond motifs is 1. The Kier molecular flexibility index (Phi) is 5.60. The van der Waals surface area contributed by atoms with Gasteiger partial charge in [0.1, 0.15) is 0 Å². The Balaban J connectivity index is 1.63. The van der Waals surface area contributed by atoms with Crippen LogP contribution in [0.1, 0.15) is 42.5 Å². The van der Waals surface area contributed by atoms with E-state index in [0.717, 1.165) is 26.1 Å². The van der Waals surface area contributed by atoms with Crippen molar-refractivity contribution >= 4 is 28.5 Å². The molecule has 6 nitrogen and oxygen atoms in total. The van der Waals surface area contributed by atoms with Crippen LogP contribution in [0.5, 0.6) is 0 Å². The zero-order valence-electron chi connectivity index (χ0n) is 14.2. The first kappa shape index (κ1) is 17.4. The number of para-hydroxylation sites is 1. The van der Waals surface area contributed by atoms with Crippen molar-refractivity contribution < 1.29 is 14.7 Å². The number of rotatable bonds is 6. The van der Waals surface area contributed by atoms with Crippen LogP contribution < -0.4 is 5.32 Å². The van der Waals surface area contributed by atoms with Crippen LogP contribution in [-0.4, -0.2) is 46.5 Å². The van der Waals surface area contributed by atoms with Crippen LogP contribution in [0.3, 0.4) is 0 Å². The summed E-state index contributed by atoms with van der Waals surface area (Å²) in [6, 6.07) is 6.66. The predicted octanol–water partition coefficient (Wildman–Crippen LogP) is 3.14. The molecule has 2 aromatic rings. The summed E-state index contributed by atoms with van der Waals surface area (Å²) in [6.07, 6.45) is 6.54. The fourth-order valence-corrected chi connectivity index (χ4v) is 3.32. The van der Waals surface area contributed by atoms with Crippen LogP contribution in [0.2, 0.25) is 0 Å². The van der Waals surface area contributed by atoms with Crippen molar-refractivity contribution in [3.05, 3.63) is 36.0 Å². The zero-order valence-corrected chi connectivity index (χ0v) is 14.2. The number of anilines is 1. The SMILES string of the molecule is O=C(CCCN1CCCCC1)Nc1cccc2c(C(=O)O)ccnc12. The van der Waals surface area contributed by atoms with Gasteiger partial charge in [0, 0.05) is 18.0 Å². The van der Waals surface area contributed by atoms with Gasteiger partial charge in [0.15, 0.2) is 0 Å². The molecule has 25 heavy (non-hydrogen) atoms. The molecule has 0 unspecified atom stereocenters. The highest BCUT2D eigenvalue weighted by molar-refractivity contribution is 6.07. The highest BCUT2D eigenvalue weighted by Crippen LogP contribution is 2.24. The highest BCUT2D eigenvalue weighted by atomic mass is 16.4. The second-order valence-corrected chi connectivity index (χ2v) is 6.42. The van der Waals surface area contributed by atoms with Gasteiger partial charge in [0.05, 0.1) is 16.8 Å². The Hall–Kier alpha value is -2.47. The minimum absolute atomic E-state index is 0.0629. The first-order valence-electron chi connectivity index (χ1n) is 8.78. The van der Waals surface area contributed by atoms with Gasteiger partial charge < -0.3 is 15.3 Å². The van der Waals surface area contributed by atoms with Crippen LogP contribution in [0.15, 0.2) is 30.5 Å². The van der Waals surface area contributed by atoms with Gasteiger partial charge >= 0.3 is 5.97 Å². The van der Waals surface area contributed by atoms with Crippen molar-refractivity contribution in [3.63, 3.8) is 0 Å². The summed E-state index contributed by atoms with van der Waals surface area (Å²) < 4.78 is 0. The van der Waals surface area contributed by atoms with E-state index < -0.39 is 5.97 Å². The topological polar surface area (TPSA) is 82.5 Å². The molecule has 0 aliphatic carbocycles. The van der Waals surface area contributed by atoms with E-state index in [1.165, 1.54) is 31.5 Å². The summed E-state index contributed by atoms with van der Waals surface area (Å²) in [4.78, 5) is 30.2. The highest BCUT2D eigenvalue weighted by Gasteiger charge is 2.14.